The number of benzene rings is 1. The Morgan fingerprint density at radius 1 is 1.50 bits per heavy atom. The van der Waals surface area contributed by atoms with Crippen molar-refractivity contribution < 1.29 is 4.84 Å². The van der Waals surface area contributed by atoms with E-state index in [0.717, 1.165) is 25.3 Å². The van der Waals surface area contributed by atoms with Crippen LogP contribution in [-0.2, 0) is 0 Å². The number of hydrazine groups is 1. The predicted octanol–water partition coefficient (Wildman–Crippen LogP) is 0.991. The first-order valence-electron chi connectivity index (χ1n) is 4.11. The average Bonchev–Trinajstić information content (AvgIpc) is 2.59. The van der Waals surface area contributed by atoms with Crippen molar-refractivity contribution in [3.05, 3.63) is 30.3 Å². The molecule has 0 unspecified atom stereocenters. The van der Waals surface area contributed by atoms with Crippen LogP contribution in [0.2, 0.25) is 0 Å². The molecule has 1 aromatic carbocycles. The topological polar surface area (TPSA) is 24.5 Å². The Bertz CT molecular complexity index is 232. The Balaban J connectivity index is 1.94. The van der Waals surface area contributed by atoms with Crippen LogP contribution in [0.5, 0.6) is 5.75 Å². The van der Waals surface area contributed by atoms with Crippen molar-refractivity contribution in [2.45, 2.75) is 6.42 Å². The Morgan fingerprint density at radius 3 is 3.17 bits per heavy atom. The lowest BCUT2D eigenvalue weighted by molar-refractivity contribution is -0.0787. The van der Waals surface area contributed by atoms with Crippen molar-refractivity contribution in [1.82, 2.24) is 10.6 Å². The van der Waals surface area contributed by atoms with E-state index in [9.17, 15) is 0 Å². The van der Waals surface area contributed by atoms with Crippen molar-refractivity contribution in [2.75, 3.05) is 13.1 Å². The van der Waals surface area contributed by atoms with Crippen LogP contribution in [0.1, 0.15) is 6.42 Å². The minimum Gasteiger partial charge on any atom is -0.390 e. The highest BCUT2D eigenvalue weighted by molar-refractivity contribution is 5.18. The van der Waals surface area contributed by atoms with E-state index in [2.05, 4.69) is 11.5 Å². The summed E-state index contributed by atoms with van der Waals surface area (Å²) in [6.45, 7) is 1.93. The highest BCUT2D eigenvalue weighted by Crippen LogP contribution is 2.09. The van der Waals surface area contributed by atoms with E-state index < -0.39 is 0 Å². The summed E-state index contributed by atoms with van der Waals surface area (Å²) in [7, 11) is 0. The van der Waals surface area contributed by atoms with Crippen LogP contribution in [0.3, 0.4) is 0 Å². The number of nitrogens with zero attached hydrogens (tertiary/aromatic N) is 1. The number of rotatable bonds is 2. The van der Waals surface area contributed by atoms with Gasteiger partial charge in [-0.15, -0.1) is 0 Å². The van der Waals surface area contributed by atoms with E-state index in [1.807, 2.05) is 24.3 Å². The smallest absolute Gasteiger partial charge is 0.157 e. The van der Waals surface area contributed by atoms with Gasteiger partial charge in [-0.25, -0.2) is 5.43 Å². The minimum absolute atomic E-state index is 0.756. The van der Waals surface area contributed by atoms with Gasteiger partial charge in [-0.3, -0.25) is 0 Å². The zero-order chi connectivity index (χ0) is 8.23. The van der Waals surface area contributed by atoms with Crippen molar-refractivity contribution >= 4 is 0 Å². The summed E-state index contributed by atoms with van der Waals surface area (Å²) in [5, 5.41) is 1.74. The van der Waals surface area contributed by atoms with E-state index in [-0.39, 0.29) is 0 Å². The van der Waals surface area contributed by atoms with Crippen LogP contribution in [-0.4, -0.2) is 18.3 Å². The molecule has 0 bridgehead atoms. The molecule has 0 amide bonds. The van der Waals surface area contributed by atoms with Crippen LogP contribution in [0, 0.1) is 6.07 Å². The average molecular weight is 163 g/mol. The van der Waals surface area contributed by atoms with Crippen LogP contribution in [0.25, 0.3) is 0 Å². The number of hydrogen-bond acceptors (Lipinski definition) is 3. The highest BCUT2D eigenvalue weighted by atomic mass is 16.7. The maximum Gasteiger partial charge on any atom is 0.157 e. The molecule has 3 nitrogen and oxygen atoms in total. The van der Waals surface area contributed by atoms with Crippen LogP contribution in [0.4, 0.5) is 0 Å². The molecule has 1 aliphatic heterocycles. The van der Waals surface area contributed by atoms with Gasteiger partial charge in [0.15, 0.2) is 5.75 Å². The first-order valence-corrected chi connectivity index (χ1v) is 4.11. The molecule has 1 saturated heterocycles. The SMILES string of the molecule is [c]1ccccc1ON1CCCN1. The van der Waals surface area contributed by atoms with Gasteiger partial charge in [0, 0.05) is 12.6 Å². The molecule has 0 atom stereocenters. The molecule has 0 aromatic heterocycles. The second-order valence-electron chi connectivity index (χ2n) is 2.68. The molecule has 1 aliphatic rings. The molecular formula is C9H11N2O. The number of para-hydroxylation sites is 1. The van der Waals surface area contributed by atoms with Crippen molar-refractivity contribution in [2.24, 2.45) is 0 Å². The van der Waals surface area contributed by atoms with E-state index in [1.165, 1.54) is 0 Å². The maximum absolute atomic E-state index is 5.44. The van der Waals surface area contributed by atoms with E-state index in [0.29, 0.717) is 0 Å². The van der Waals surface area contributed by atoms with Crippen molar-refractivity contribution in [1.29, 1.82) is 0 Å². The van der Waals surface area contributed by atoms with Gasteiger partial charge in [-0.1, -0.05) is 23.4 Å². The Morgan fingerprint density at radius 2 is 2.50 bits per heavy atom. The van der Waals surface area contributed by atoms with Gasteiger partial charge in [0.05, 0.1) is 6.54 Å². The van der Waals surface area contributed by atoms with Gasteiger partial charge in [-0.2, -0.15) is 0 Å². The lowest BCUT2D eigenvalue weighted by atomic mass is 10.3. The summed E-state index contributed by atoms with van der Waals surface area (Å²) < 4.78 is 0. The predicted molar refractivity (Wildman–Crippen MR) is 45.2 cm³/mol. The summed E-state index contributed by atoms with van der Waals surface area (Å²) in [5.41, 5.74) is 3.10. The molecule has 1 N–H and O–H groups in total. The first kappa shape index (κ1) is 7.58. The summed E-state index contributed by atoms with van der Waals surface area (Å²) in [6, 6.07) is 10.6. The zero-order valence-electron chi connectivity index (χ0n) is 6.79. The molecule has 3 heteroatoms. The second kappa shape index (κ2) is 3.56. The fourth-order valence-electron chi connectivity index (χ4n) is 1.14. The summed E-state index contributed by atoms with van der Waals surface area (Å²) in [4.78, 5) is 5.44. The third-order valence-corrected chi connectivity index (χ3v) is 1.72. The molecule has 1 aromatic rings. The summed E-state index contributed by atoms with van der Waals surface area (Å²) >= 11 is 0. The lowest BCUT2D eigenvalue weighted by Gasteiger charge is -2.15. The van der Waals surface area contributed by atoms with Crippen LogP contribution >= 0.6 is 0 Å². The molecule has 1 fully saturated rings. The third-order valence-electron chi connectivity index (χ3n) is 1.72. The Hall–Kier alpha value is -1.06. The first-order chi connectivity index (χ1) is 5.95. The summed E-state index contributed by atoms with van der Waals surface area (Å²) in [6.07, 6.45) is 1.13. The Kier molecular flexibility index (Phi) is 2.25. The van der Waals surface area contributed by atoms with Gasteiger partial charge < -0.3 is 4.84 Å². The fraction of sp³-hybridized carbons (Fsp3) is 0.333. The van der Waals surface area contributed by atoms with Gasteiger partial charge >= 0.3 is 0 Å². The third kappa shape index (κ3) is 1.75. The van der Waals surface area contributed by atoms with E-state index in [4.69, 9.17) is 4.84 Å². The standard InChI is InChI=1S/C9H11N2O/c1-2-5-9(6-3-1)12-11-8-4-7-10-11/h1-3,5,10H,4,7-8H2. The molecule has 12 heavy (non-hydrogen) atoms. The number of nitrogens with one attached hydrogen (secondary N) is 1. The molecule has 0 aliphatic carbocycles. The zero-order valence-corrected chi connectivity index (χ0v) is 6.79. The Labute approximate surface area is 71.9 Å². The van der Waals surface area contributed by atoms with Crippen LogP contribution in [0.15, 0.2) is 24.3 Å². The number of hydroxylamine groups is 1. The maximum atomic E-state index is 5.44. The van der Waals surface area contributed by atoms with Gasteiger partial charge in [0.25, 0.3) is 0 Å². The van der Waals surface area contributed by atoms with E-state index in [1.54, 1.807) is 5.17 Å². The van der Waals surface area contributed by atoms with Crippen LogP contribution < -0.4 is 10.3 Å². The van der Waals surface area contributed by atoms with E-state index >= 15 is 0 Å². The normalized spacial score (nSPS) is 18.0. The minimum atomic E-state index is 0.756. The molecule has 0 spiro atoms. The highest BCUT2D eigenvalue weighted by Gasteiger charge is 2.11. The largest absolute Gasteiger partial charge is 0.390 e. The molecule has 1 radical (unpaired) electrons. The molecule has 1 heterocycles. The molecule has 0 saturated carbocycles. The second-order valence-corrected chi connectivity index (χ2v) is 2.68. The number of hydrogen-bond donors (Lipinski definition) is 1. The summed E-state index contributed by atoms with van der Waals surface area (Å²) in [5.74, 6) is 0.756. The van der Waals surface area contributed by atoms with Gasteiger partial charge in [0.2, 0.25) is 0 Å². The lowest BCUT2D eigenvalue weighted by Crippen LogP contribution is -2.33. The van der Waals surface area contributed by atoms with Crippen molar-refractivity contribution in [3.8, 4) is 5.75 Å². The van der Waals surface area contributed by atoms with Crippen molar-refractivity contribution in [3.63, 3.8) is 0 Å². The molecule has 63 valence electrons. The quantitative estimate of drug-likeness (QED) is 0.703. The molecular weight excluding hydrogens is 152 g/mol. The molecule has 2 rings (SSSR count). The van der Waals surface area contributed by atoms with Gasteiger partial charge in [0.1, 0.15) is 0 Å². The van der Waals surface area contributed by atoms with Gasteiger partial charge in [-0.05, 0) is 12.5 Å². The monoisotopic (exact) mass is 163 g/mol. The fourth-order valence-corrected chi connectivity index (χ4v) is 1.14.